The van der Waals surface area contributed by atoms with E-state index >= 15 is 0 Å². The third-order valence-electron chi connectivity index (χ3n) is 3.96. The first-order valence-electron chi connectivity index (χ1n) is 6.71. The van der Waals surface area contributed by atoms with E-state index in [2.05, 4.69) is 4.90 Å². The van der Waals surface area contributed by atoms with Crippen LogP contribution >= 0.6 is 0 Å². The van der Waals surface area contributed by atoms with Gasteiger partial charge < -0.3 is 5.11 Å². The maximum atomic E-state index is 13.4. The first kappa shape index (κ1) is 13.5. The van der Waals surface area contributed by atoms with Crippen LogP contribution in [0.25, 0.3) is 0 Å². The van der Waals surface area contributed by atoms with Crippen molar-refractivity contribution in [2.75, 3.05) is 13.1 Å². The number of piperidine rings is 1. The Morgan fingerprint density at radius 1 is 1.39 bits per heavy atom. The molecule has 18 heavy (non-hydrogen) atoms. The van der Waals surface area contributed by atoms with E-state index in [1.165, 1.54) is 0 Å². The van der Waals surface area contributed by atoms with Crippen LogP contribution in [0.5, 0.6) is 0 Å². The number of hydrogen-bond acceptors (Lipinski definition) is 2. The lowest BCUT2D eigenvalue weighted by atomic mass is 9.92. The molecule has 1 fully saturated rings. The van der Waals surface area contributed by atoms with Gasteiger partial charge in [0.15, 0.2) is 0 Å². The Bertz CT molecular complexity index is 397. The minimum absolute atomic E-state index is 0.119. The van der Waals surface area contributed by atoms with Gasteiger partial charge in [0.1, 0.15) is 5.82 Å². The molecule has 0 aromatic heterocycles. The summed E-state index contributed by atoms with van der Waals surface area (Å²) >= 11 is 0. The highest BCUT2D eigenvalue weighted by molar-refractivity contribution is 5.23. The van der Waals surface area contributed by atoms with Crippen molar-refractivity contribution in [2.45, 2.75) is 39.3 Å². The van der Waals surface area contributed by atoms with Crippen LogP contribution < -0.4 is 0 Å². The number of benzene rings is 1. The van der Waals surface area contributed by atoms with Gasteiger partial charge in [-0.2, -0.15) is 0 Å². The molecule has 100 valence electrons. The Kier molecular flexibility index (Phi) is 4.36. The van der Waals surface area contributed by atoms with Crippen molar-refractivity contribution in [1.29, 1.82) is 0 Å². The summed E-state index contributed by atoms with van der Waals surface area (Å²) in [7, 11) is 0. The Morgan fingerprint density at radius 2 is 2.06 bits per heavy atom. The Labute approximate surface area is 108 Å². The average Bonchev–Trinajstić information content (AvgIpc) is 2.34. The van der Waals surface area contributed by atoms with E-state index in [0.29, 0.717) is 11.5 Å². The summed E-state index contributed by atoms with van der Waals surface area (Å²) in [6.45, 7) is 6.45. The maximum absolute atomic E-state index is 13.4. The molecule has 1 aromatic rings. The highest BCUT2D eigenvalue weighted by Crippen LogP contribution is 2.22. The molecule has 2 rings (SSSR count). The van der Waals surface area contributed by atoms with Crippen LogP contribution in [0, 0.1) is 18.7 Å². The van der Waals surface area contributed by atoms with Crippen molar-refractivity contribution in [1.82, 2.24) is 4.90 Å². The van der Waals surface area contributed by atoms with E-state index in [1.54, 1.807) is 13.0 Å². The average molecular weight is 251 g/mol. The van der Waals surface area contributed by atoms with E-state index in [9.17, 15) is 9.50 Å². The van der Waals surface area contributed by atoms with Crippen LogP contribution in [0.2, 0.25) is 0 Å². The molecule has 1 aliphatic rings. The van der Waals surface area contributed by atoms with Crippen molar-refractivity contribution < 1.29 is 9.50 Å². The summed E-state index contributed by atoms with van der Waals surface area (Å²) < 4.78 is 13.4. The Morgan fingerprint density at radius 3 is 2.61 bits per heavy atom. The minimum Gasteiger partial charge on any atom is -0.393 e. The predicted molar refractivity (Wildman–Crippen MR) is 70.8 cm³/mol. The SMILES string of the molecule is Cc1ccc(CN2CCC(C(C)O)CC2)cc1F. The van der Waals surface area contributed by atoms with Crippen LogP contribution in [0.15, 0.2) is 18.2 Å². The number of nitrogens with zero attached hydrogens (tertiary/aromatic N) is 1. The molecule has 1 saturated heterocycles. The second-order valence-corrected chi connectivity index (χ2v) is 5.44. The lowest BCUT2D eigenvalue weighted by Gasteiger charge is -2.33. The number of likely N-dealkylation sites (tertiary alicyclic amines) is 1. The standard InChI is InChI=1S/C15H22FNO/c1-11-3-4-13(9-15(11)16)10-17-7-5-14(6-8-17)12(2)18/h3-4,9,12,14,18H,5-8,10H2,1-2H3. The van der Waals surface area contributed by atoms with E-state index in [-0.39, 0.29) is 11.9 Å². The van der Waals surface area contributed by atoms with E-state index in [4.69, 9.17) is 0 Å². The van der Waals surface area contributed by atoms with E-state index in [0.717, 1.165) is 38.0 Å². The fraction of sp³-hybridized carbons (Fsp3) is 0.600. The van der Waals surface area contributed by atoms with Crippen LogP contribution in [0.3, 0.4) is 0 Å². The molecule has 0 saturated carbocycles. The summed E-state index contributed by atoms with van der Waals surface area (Å²) in [4.78, 5) is 2.34. The zero-order valence-electron chi connectivity index (χ0n) is 11.2. The van der Waals surface area contributed by atoms with Gasteiger partial charge in [0.2, 0.25) is 0 Å². The van der Waals surface area contributed by atoms with E-state index < -0.39 is 0 Å². The first-order valence-corrected chi connectivity index (χ1v) is 6.71. The van der Waals surface area contributed by atoms with Crippen molar-refractivity contribution >= 4 is 0 Å². The molecular formula is C15H22FNO. The molecule has 0 aliphatic carbocycles. The fourth-order valence-corrected chi connectivity index (χ4v) is 2.59. The van der Waals surface area contributed by atoms with Crippen molar-refractivity contribution in [3.05, 3.63) is 35.1 Å². The topological polar surface area (TPSA) is 23.5 Å². The summed E-state index contributed by atoms with van der Waals surface area (Å²) in [5, 5.41) is 9.55. The molecule has 0 spiro atoms. The number of aliphatic hydroxyl groups is 1. The Balaban J connectivity index is 1.89. The fourth-order valence-electron chi connectivity index (χ4n) is 2.59. The Hall–Kier alpha value is -0.930. The third-order valence-corrected chi connectivity index (χ3v) is 3.96. The number of halogens is 1. The molecule has 1 heterocycles. The van der Waals surface area contributed by atoms with Crippen LogP contribution in [0.1, 0.15) is 30.9 Å². The zero-order chi connectivity index (χ0) is 13.1. The molecule has 0 radical (unpaired) electrons. The molecule has 3 heteroatoms. The second-order valence-electron chi connectivity index (χ2n) is 5.44. The molecule has 1 N–H and O–H groups in total. The van der Waals surface area contributed by atoms with Crippen LogP contribution in [0.4, 0.5) is 4.39 Å². The number of aryl methyl sites for hydroxylation is 1. The molecule has 0 amide bonds. The van der Waals surface area contributed by atoms with Gasteiger partial charge >= 0.3 is 0 Å². The van der Waals surface area contributed by atoms with Crippen LogP contribution in [-0.4, -0.2) is 29.2 Å². The second kappa shape index (κ2) is 5.81. The van der Waals surface area contributed by atoms with Gasteiger partial charge in [-0.05, 0) is 62.9 Å². The van der Waals surface area contributed by atoms with E-state index in [1.807, 2.05) is 19.1 Å². The highest BCUT2D eigenvalue weighted by atomic mass is 19.1. The molecule has 2 nitrogen and oxygen atoms in total. The molecule has 1 aromatic carbocycles. The predicted octanol–water partition coefficient (Wildman–Crippen LogP) is 2.73. The van der Waals surface area contributed by atoms with Crippen molar-refractivity contribution in [2.24, 2.45) is 5.92 Å². The highest BCUT2D eigenvalue weighted by Gasteiger charge is 2.22. The normalized spacial score (nSPS) is 20.0. The zero-order valence-corrected chi connectivity index (χ0v) is 11.2. The minimum atomic E-state index is -0.205. The number of aliphatic hydroxyl groups excluding tert-OH is 1. The quantitative estimate of drug-likeness (QED) is 0.893. The molecule has 0 bridgehead atoms. The van der Waals surface area contributed by atoms with Gasteiger partial charge in [-0.15, -0.1) is 0 Å². The lowest BCUT2D eigenvalue weighted by Crippen LogP contribution is -2.36. The van der Waals surface area contributed by atoms with Gasteiger partial charge in [-0.3, -0.25) is 4.90 Å². The summed E-state index contributed by atoms with van der Waals surface area (Å²) in [5.41, 5.74) is 1.74. The smallest absolute Gasteiger partial charge is 0.126 e. The number of rotatable bonds is 3. The monoisotopic (exact) mass is 251 g/mol. The van der Waals surface area contributed by atoms with Gasteiger partial charge in [0, 0.05) is 6.54 Å². The van der Waals surface area contributed by atoms with Gasteiger partial charge in [-0.1, -0.05) is 12.1 Å². The summed E-state index contributed by atoms with van der Waals surface area (Å²) in [6.07, 6.45) is 1.86. The largest absolute Gasteiger partial charge is 0.393 e. The molecule has 1 atom stereocenters. The molecule has 1 aliphatic heterocycles. The van der Waals surface area contributed by atoms with Gasteiger partial charge in [0.25, 0.3) is 0 Å². The molecule has 1 unspecified atom stereocenters. The third kappa shape index (κ3) is 3.30. The molecular weight excluding hydrogens is 229 g/mol. The summed E-state index contributed by atoms with van der Waals surface area (Å²) in [5.74, 6) is 0.308. The first-order chi connectivity index (χ1) is 8.56. The van der Waals surface area contributed by atoms with Gasteiger partial charge in [0.05, 0.1) is 6.10 Å². The summed E-state index contributed by atoms with van der Waals surface area (Å²) in [6, 6.07) is 5.47. The van der Waals surface area contributed by atoms with Crippen molar-refractivity contribution in [3.8, 4) is 0 Å². The lowest BCUT2D eigenvalue weighted by molar-refractivity contribution is 0.0695. The number of hydrogen-bond donors (Lipinski definition) is 1. The maximum Gasteiger partial charge on any atom is 0.126 e. The van der Waals surface area contributed by atoms with Crippen LogP contribution in [-0.2, 0) is 6.54 Å². The van der Waals surface area contributed by atoms with Crippen molar-refractivity contribution in [3.63, 3.8) is 0 Å². The van der Waals surface area contributed by atoms with Gasteiger partial charge in [-0.25, -0.2) is 4.39 Å².